The second-order valence-corrected chi connectivity index (χ2v) is 7.70. The number of thiophene rings is 1. The molecule has 1 aliphatic rings. The molecule has 5 nitrogen and oxygen atoms in total. The molecule has 3 rings (SSSR count). The lowest BCUT2D eigenvalue weighted by Gasteiger charge is -2.32. The number of nitrogens with one attached hydrogen (secondary N) is 1. The van der Waals surface area contributed by atoms with Crippen LogP contribution in [-0.2, 0) is 6.67 Å². The van der Waals surface area contributed by atoms with Crippen molar-refractivity contribution >= 4 is 29.5 Å². The van der Waals surface area contributed by atoms with Crippen LogP contribution in [0.4, 0.5) is 0 Å². The lowest BCUT2D eigenvalue weighted by Crippen LogP contribution is -3.14. The van der Waals surface area contributed by atoms with Crippen LogP contribution in [0.25, 0.3) is 0 Å². The van der Waals surface area contributed by atoms with Crippen LogP contribution in [0.2, 0.25) is 0 Å². The van der Waals surface area contributed by atoms with E-state index in [1.54, 1.807) is 0 Å². The molecule has 0 aromatic carbocycles. The number of hydrogen-bond donors (Lipinski definition) is 1. The van der Waals surface area contributed by atoms with Gasteiger partial charge in [0.15, 0.2) is 6.67 Å². The molecule has 0 saturated carbocycles. The molecule has 2 aromatic rings. The van der Waals surface area contributed by atoms with Crippen LogP contribution < -0.4 is 4.90 Å². The summed E-state index contributed by atoms with van der Waals surface area (Å²) in [6.45, 7) is 7.95. The maximum absolute atomic E-state index is 12.4. The van der Waals surface area contributed by atoms with E-state index in [9.17, 15) is 10.1 Å². The second kappa shape index (κ2) is 7.48. The first-order chi connectivity index (χ1) is 12.0. The molecule has 0 bridgehead atoms. The molecule has 0 radical (unpaired) electrons. The van der Waals surface area contributed by atoms with Gasteiger partial charge >= 0.3 is 0 Å². The molecule has 1 fully saturated rings. The van der Waals surface area contributed by atoms with Gasteiger partial charge in [-0.1, -0.05) is 18.3 Å². The molecule has 0 atom stereocenters. The molecule has 0 unspecified atom stereocenters. The standard InChI is InChI=1S/C18H20N4OS2/c1-13-10-14(2)22(18(24)15(13)11-19)12-20-5-7-21(8-6-20)17(23)16-4-3-9-25-16/h3-4,9-10H,5-8,12H2,1-2H3/p+1. The van der Waals surface area contributed by atoms with E-state index in [1.807, 2.05) is 46.9 Å². The molecule has 3 heterocycles. The zero-order valence-electron chi connectivity index (χ0n) is 14.4. The van der Waals surface area contributed by atoms with Gasteiger partial charge in [-0.3, -0.25) is 9.36 Å². The topological polar surface area (TPSA) is 53.5 Å². The van der Waals surface area contributed by atoms with Crippen LogP contribution in [0.3, 0.4) is 0 Å². The summed E-state index contributed by atoms with van der Waals surface area (Å²) in [5.41, 5.74) is 2.60. The van der Waals surface area contributed by atoms with Crippen molar-refractivity contribution in [3.63, 3.8) is 0 Å². The van der Waals surface area contributed by atoms with Gasteiger partial charge < -0.3 is 9.80 Å². The number of carbonyl (C=O) groups is 1. The molecular formula is C18H21N4OS2+. The number of amides is 1. The largest absolute Gasteiger partial charge is 0.327 e. The van der Waals surface area contributed by atoms with E-state index >= 15 is 0 Å². The van der Waals surface area contributed by atoms with Crippen molar-refractivity contribution in [1.82, 2.24) is 9.47 Å². The Kier molecular flexibility index (Phi) is 5.33. The molecule has 1 N–H and O–H groups in total. The fourth-order valence-electron chi connectivity index (χ4n) is 3.22. The highest BCUT2D eigenvalue weighted by Gasteiger charge is 2.25. The third kappa shape index (κ3) is 3.66. The van der Waals surface area contributed by atoms with Crippen LogP contribution in [0.15, 0.2) is 23.6 Å². The lowest BCUT2D eigenvalue weighted by molar-refractivity contribution is -0.926. The highest BCUT2D eigenvalue weighted by Crippen LogP contribution is 2.13. The van der Waals surface area contributed by atoms with E-state index in [1.165, 1.54) is 16.2 Å². The van der Waals surface area contributed by atoms with Crippen molar-refractivity contribution in [2.45, 2.75) is 20.5 Å². The molecule has 1 aliphatic heterocycles. The van der Waals surface area contributed by atoms with Crippen molar-refractivity contribution in [3.8, 4) is 6.07 Å². The van der Waals surface area contributed by atoms with Crippen molar-refractivity contribution in [2.24, 2.45) is 0 Å². The third-order valence-corrected chi connectivity index (χ3v) is 5.97. The quantitative estimate of drug-likeness (QED) is 0.835. The highest BCUT2D eigenvalue weighted by molar-refractivity contribution is 7.71. The number of hydrogen-bond acceptors (Lipinski definition) is 4. The van der Waals surface area contributed by atoms with Gasteiger partial charge in [-0.05, 0) is 36.9 Å². The van der Waals surface area contributed by atoms with Gasteiger partial charge in [-0.2, -0.15) is 5.26 Å². The van der Waals surface area contributed by atoms with E-state index in [4.69, 9.17) is 12.2 Å². The average Bonchev–Trinajstić information content (AvgIpc) is 3.13. The number of carbonyl (C=O) groups excluding carboxylic acids is 1. The molecule has 2 aromatic heterocycles. The first kappa shape index (κ1) is 17.8. The van der Waals surface area contributed by atoms with Gasteiger partial charge in [0.05, 0.1) is 36.6 Å². The van der Waals surface area contributed by atoms with Crippen LogP contribution in [0.5, 0.6) is 0 Å². The normalized spacial score (nSPS) is 15.2. The number of piperazine rings is 1. The van der Waals surface area contributed by atoms with Crippen LogP contribution in [-0.4, -0.2) is 41.6 Å². The summed E-state index contributed by atoms with van der Waals surface area (Å²) in [5, 5.41) is 11.3. The number of nitrogens with zero attached hydrogens (tertiary/aromatic N) is 3. The summed E-state index contributed by atoms with van der Waals surface area (Å²) in [6.07, 6.45) is 0. The van der Waals surface area contributed by atoms with Gasteiger partial charge in [0.25, 0.3) is 5.91 Å². The number of quaternary nitrogens is 1. The molecule has 7 heteroatoms. The van der Waals surface area contributed by atoms with Crippen molar-refractivity contribution < 1.29 is 9.69 Å². The minimum atomic E-state index is 0.129. The molecule has 25 heavy (non-hydrogen) atoms. The maximum Gasteiger partial charge on any atom is 0.264 e. The van der Waals surface area contributed by atoms with Gasteiger partial charge in [0, 0.05) is 5.69 Å². The Hall–Kier alpha value is -2.01. The number of aromatic nitrogens is 1. The zero-order chi connectivity index (χ0) is 18.0. The Balaban J connectivity index is 1.68. The zero-order valence-corrected chi connectivity index (χ0v) is 16.0. The Morgan fingerprint density at radius 2 is 2.12 bits per heavy atom. The number of rotatable bonds is 3. The van der Waals surface area contributed by atoms with E-state index in [0.29, 0.717) is 10.2 Å². The number of nitriles is 1. The molecule has 0 spiro atoms. The number of aryl methyl sites for hydroxylation is 2. The summed E-state index contributed by atoms with van der Waals surface area (Å²) < 4.78 is 2.66. The van der Waals surface area contributed by atoms with E-state index in [2.05, 4.69) is 6.07 Å². The van der Waals surface area contributed by atoms with Gasteiger partial charge in [-0.15, -0.1) is 11.3 Å². The Morgan fingerprint density at radius 1 is 1.40 bits per heavy atom. The van der Waals surface area contributed by atoms with Gasteiger partial charge in [0.2, 0.25) is 0 Å². The van der Waals surface area contributed by atoms with E-state index in [-0.39, 0.29) is 5.91 Å². The smallest absolute Gasteiger partial charge is 0.264 e. The molecule has 1 saturated heterocycles. The predicted octanol–water partition coefficient (Wildman–Crippen LogP) is 1.77. The first-order valence-corrected chi connectivity index (χ1v) is 9.57. The highest BCUT2D eigenvalue weighted by atomic mass is 32.1. The Labute approximate surface area is 156 Å². The van der Waals surface area contributed by atoms with E-state index < -0.39 is 0 Å². The molecule has 1 amide bonds. The van der Waals surface area contributed by atoms with Crippen LogP contribution in [0.1, 0.15) is 26.5 Å². The van der Waals surface area contributed by atoms with Crippen molar-refractivity contribution in [3.05, 3.63) is 49.9 Å². The Morgan fingerprint density at radius 3 is 2.72 bits per heavy atom. The minimum absolute atomic E-state index is 0.129. The second-order valence-electron chi connectivity index (χ2n) is 6.37. The Bertz CT molecular complexity index is 872. The fraction of sp³-hybridized carbons (Fsp3) is 0.389. The van der Waals surface area contributed by atoms with E-state index in [0.717, 1.165) is 49.0 Å². The summed E-state index contributed by atoms with van der Waals surface area (Å²) in [6, 6.07) is 8.03. The molecular weight excluding hydrogens is 352 g/mol. The van der Waals surface area contributed by atoms with Crippen LogP contribution >= 0.6 is 23.6 Å². The average molecular weight is 374 g/mol. The fourth-order valence-corrected chi connectivity index (χ4v) is 4.33. The SMILES string of the molecule is Cc1cc(C)n(C[NH+]2CCN(C(=O)c3cccs3)CC2)c(=S)c1C#N. The molecule has 0 aliphatic carbocycles. The predicted molar refractivity (Wildman–Crippen MR) is 100 cm³/mol. The monoisotopic (exact) mass is 373 g/mol. The third-order valence-electron chi connectivity index (χ3n) is 4.69. The minimum Gasteiger partial charge on any atom is -0.327 e. The number of pyridine rings is 1. The van der Waals surface area contributed by atoms with Gasteiger partial charge in [0.1, 0.15) is 10.7 Å². The first-order valence-electron chi connectivity index (χ1n) is 8.28. The maximum atomic E-state index is 12.4. The lowest BCUT2D eigenvalue weighted by atomic mass is 10.1. The van der Waals surface area contributed by atoms with Crippen molar-refractivity contribution in [1.29, 1.82) is 5.26 Å². The molecule has 130 valence electrons. The summed E-state index contributed by atoms with van der Waals surface area (Å²) in [7, 11) is 0. The van der Waals surface area contributed by atoms with Gasteiger partial charge in [-0.25, -0.2) is 0 Å². The van der Waals surface area contributed by atoms with Crippen LogP contribution in [0, 0.1) is 29.8 Å². The summed E-state index contributed by atoms with van der Waals surface area (Å²) in [5.74, 6) is 0.129. The summed E-state index contributed by atoms with van der Waals surface area (Å²) in [4.78, 5) is 16.5. The summed E-state index contributed by atoms with van der Waals surface area (Å²) >= 11 is 7.01. The van der Waals surface area contributed by atoms with Crippen molar-refractivity contribution in [2.75, 3.05) is 26.2 Å².